The average molecular weight is 517 g/mol. The smallest absolute Gasteiger partial charge is 0.230 e. The number of ether oxygens (including phenoxy) is 1. The van der Waals surface area contributed by atoms with Crippen molar-refractivity contribution in [3.8, 4) is 22.1 Å². The zero-order valence-electron chi connectivity index (χ0n) is 19.2. The molecule has 180 valence electrons. The number of aromatic nitrogens is 2. The highest BCUT2D eigenvalue weighted by Gasteiger charge is 2.14. The summed E-state index contributed by atoms with van der Waals surface area (Å²) in [6.07, 6.45) is 3.82. The lowest BCUT2D eigenvalue weighted by Gasteiger charge is -2.12. The molecule has 36 heavy (non-hydrogen) atoms. The van der Waals surface area contributed by atoms with Gasteiger partial charge in [-0.3, -0.25) is 9.78 Å². The fraction of sp³-hybridized carbons (Fsp3) is 0.0741. The number of amides is 1. The van der Waals surface area contributed by atoms with E-state index in [1.807, 2.05) is 66.3 Å². The molecule has 9 heteroatoms. The Morgan fingerprint density at radius 1 is 1.08 bits per heavy atom. The van der Waals surface area contributed by atoms with Crippen molar-refractivity contribution in [2.75, 3.05) is 5.32 Å². The summed E-state index contributed by atoms with van der Waals surface area (Å²) in [5.74, 6) is -0.233. The Hall–Kier alpha value is -4.08. The number of anilines is 1. The molecule has 2 N–H and O–H groups in total. The number of hydrogen-bond donors (Lipinski definition) is 2. The largest absolute Gasteiger partial charge is 0.453 e. The van der Waals surface area contributed by atoms with Crippen LogP contribution in [0.3, 0.4) is 0 Å². The molecule has 6 nitrogen and oxygen atoms in total. The molecule has 0 saturated heterocycles. The predicted octanol–water partition coefficient (Wildman–Crippen LogP) is 6.29. The molecule has 5 aromatic rings. The Morgan fingerprint density at radius 2 is 1.92 bits per heavy atom. The molecule has 1 amide bonds. The van der Waals surface area contributed by atoms with Crippen LogP contribution in [0.25, 0.3) is 20.8 Å². The van der Waals surface area contributed by atoms with Gasteiger partial charge in [0.25, 0.3) is 0 Å². The molecule has 0 atom stereocenters. The topological polar surface area (TPSA) is 68.2 Å². The van der Waals surface area contributed by atoms with Gasteiger partial charge in [-0.2, -0.15) is 0 Å². The van der Waals surface area contributed by atoms with Gasteiger partial charge in [0.05, 0.1) is 27.2 Å². The minimum atomic E-state index is -0.567. The Balaban J connectivity index is 1.27. The van der Waals surface area contributed by atoms with Gasteiger partial charge in [0.1, 0.15) is 5.75 Å². The monoisotopic (exact) mass is 516 g/mol. The maximum absolute atomic E-state index is 14.9. The van der Waals surface area contributed by atoms with Crippen LogP contribution in [0.5, 0.6) is 11.5 Å². The first-order valence-electron chi connectivity index (χ1n) is 11.1. The molecule has 0 radical (unpaired) electrons. The van der Waals surface area contributed by atoms with Crippen LogP contribution < -0.4 is 15.4 Å². The Bertz CT molecular complexity index is 1560. The summed E-state index contributed by atoms with van der Waals surface area (Å²) in [6.45, 7) is 0. The van der Waals surface area contributed by atoms with Crippen molar-refractivity contribution >= 4 is 50.5 Å². The lowest BCUT2D eigenvalue weighted by Crippen LogP contribution is -2.35. The van der Waals surface area contributed by atoms with Crippen molar-refractivity contribution in [1.29, 1.82) is 0 Å². The van der Waals surface area contributed by atoms with E-state index in [4.69, 9.17) is 17.0 Å². The molecular formula is C27H21FN4O2S2. The van der Waals surface area contributed by atoms with E-state index in [1.165, 1.54) is 23.5 Å². The van der Waals surface area contributed by atoms with Crippen LogP contribution >= 0.6 is 23.6 Å². The van der Waals surface area contributed by atoms with Crippen LogP contribution in [0.2, 0.25) is 0 Å². The molecule has 0 bridgehead atoms. The first-order chi connectivity index (χ1) is 17.5. The molecule has 5 rings (SSSR count). The predicted molar refractivity (Wildman–Crippen MR) is 145 cm³/mol. The molecule has 0 fully saturated rings. The van der Waals surface area contributed by atoms with Gasteiger partial charge in [-0.1, -0.05) is 30.3 Å². The maximum atomic E-state index is 14.9. The zero-order chi connectivity index (χ0) is 25.1. The summed E-state index contributed by atoms with van der Waals surface area (Å²) in [5, 5.41) is 5.54. The summed E-state index contributed by atoms with van der Waals surface area (Å²) in [7, 11) is 1.98. The summed E-state index contributed by atoms with van der Waals surface area (Å²) >= 11 is 6.74. The fourth-order valence-electron chi connectivity index (χ4n) is 3.73. The van der Waals surface area contributed by atoms with Crippen molar-refractivity contribution < 1.29 is 13.9 Å². The van der Waals surface area contributed by atoms with Crippen LogP contribution in [0.4, 0.5) is 10.1 Å². The molecule has 3 aromatic heterocycles. The first kappa shape index (κ1) is 23.7. The van der Waals surface area contributed by atoms with E-state index >= 15 is 0 Å². The summed E-state index contributed by atoms with van der Waals surface area (Å²) in [5.41, 5.74) is 3.12. The fourth-order valence-corrected chi connectivity index (χ4v) is 5.10. The summed E-state index contributed by atoms with van der Waals surface area (Å²) < 4.78 is 23.7. The van der Waals surface area contributed by atoms with Gasteiger partial charge < -0.3 is 19.9 Å². The van der Waals surface area contributed by atoms with Crippen molar-refractivity contribution in [3.05, 3.63) is 96.6 Å². The Kier molecular flexibility index (Phi) is 6.75. The van der Waals surface area contributed by atoms with Crippen molar-refractivity contribution in [1.82, 2.24) is 14.9 Å². The number of thiocarbonyl (C=S) groups is 1. The van der Waals surface area contributed by atoms with E-state index in [1.54, 1.807) is 18.3 Å². The van der Waals surface area contributed by atoms with Crippen LogP contribution in [0.1, 0.15) is 5.56 Å². The number of fused-ring (bicyclic) bond motifs is 1. The summed E-state index contributed by atoms with van der Waals surface area (Å²) in [6, 6.07) is 21.5. The second-order valence-corrected chi connectivity index (χ2v) is 9.51. The van der Waals surface area contributed by atoms with Gasteiger partial charge in [0.15, 0.2) is 16.7 Å². The Morgan fingerprint density at radius 3 is 2.67 bits per heavy atom. The zero-order valence-corrected chi connectivity index (χ0v) is 20.8. The number of hydrogen-bond acceptors (Lipinski definition) is 5. The number of carbonyl (C=O) groups excluding carboxylic acids is 1. The third kappa shape index (κ3) is 5.27. The van der Waals surface area contributed by atoms with E-state index in [0.29, 0.717) is 11.4 Å². The third-order valence-corrected chi connectivity index (χ3v) is 6.81. The number of thiophene rings is 1. The molecule has 2 aromatic carbocycles. The van der Waals surface area contributed by atoms with Crippen LogP contribution in [-0.4, -0.2) is 20.6 Å². The van der Waals surface area contributed by atoms with Crippen LogP contribution in [0.15, 0.2) is 85.2 Å². The van der Waals surface area contributed by atoms with E-state index in [0.717, 1.165) is 26.4 Å². The summed E-state index contributed by atoms with van der Waals surface area (Å²) in [4.78, 5) is 17.7. The van der Waals surface area contributed by atoms with Crippen molar-refractivity contribution in [2.45, 2.75) is 6.42 Å². The van der Waals surface area contributed by atoms with E-state index in [2.05, 4.69) is 15.6 Å². The standard InChI is InChI=1S/C27H21FN4O2S2/c1-32-13-5-8-21(32)24-16-20-26(36-24)23(11-12-29-20)34-22-10-9-18(15-19(22)28)30-27(35)31-25(33)14-17-6-3-2-4-7-17/h2-13,15-16H,14H2,1H3,(H2,30,31,33,35). The highest BCUT2D eigenvalue weighted by Crippen LogP contribution is 2.39. The molecule has 0 aliphatic heterocycles. The van der Waals surface area contributed by atoms with Gasteiger partial charge in [-0.05, 0) is 48.1 Å². The normalized spacial score (nSPS) is 10.8. The van der Waals surface area contributed by atoms with E-state index in [9.17, 15) is 9.18 Å². The number of halogens is 1. The minimum Gasteiger partial charge on any atom is -0.453 e. The number of nitrogens with zero attached hydrogens (tertiary/aromatic N) is 2. The number of nitrogens with one attached hydrogen (secondary N) is 2. The van der Waals surface area contributed by atoms with Crippen LogP contribution in [0, 0.1) is 5.82 Å². The molecule has 0 spiro atoms. The maximum Gasteiger partial charge on any atom is 0.230 e. The number of rotatable bonds is 6. The molecular weight excluding hydrogens is 495 g/mol. The van der Waals surface area contributed by atoms with Gasteiger partial charge >= 0.3 is 0 Å². The van der Waals surface area contributed by atoms with E-state index < -0.39 is 5.82 Å². The molecule has 0 aliphatic carbocycles. The number of benzene rings is 2. The second-order valence-electron chi connectivity index (χ2n) is 8.05. The molecule has 0 aliphatic rings. The number of carbonyl (C=O) groups is 1. The van der Waals surface area contributed by atoms with Crippen LogP contribution in [-0.2, 0) is 18.3 Å². The minimum absolute atomic E-state index is 0.0703. The molecule has 0 unspecified atom stereocenters. The highest BCUT2D eigenvalue weighted by atomic mass is 32.1. The Labute approximate surface area is 216 Å². The van der Waals surface area contributed by atoms with Gasteiger partial charge in [-0.15, -0.1) is 11.3 Å². The number of aryl methyl sites for hydroxylation is 1. The van der Waals surface area contributed by atoms with Crippen molar-refractivity contribution in [2.24, 2.45) is 7.05 Å². The third-order valence-electron chi connectivity index (χ3n) is 5.44. The van der Waals surface area contributed by atoms with Gasteiger partial charge in [0, 0.05) is 37.3 Å². The van der Waals surface area contributed by atoms with Gasteiger partial charge in [-0.25, -0.2) is 4.39 Å². The lowest BCUT2D eigenvalue weighted by molar-refractivity contribution is -0.119. The average Bonchev–Trinajstić information content (AvgIpc) is 3.47. The van der Waals surface area contributed by atoms with Gasteiger partial charge in [0.2, 0.25) is 5.91 Å². The highest BCUT2D eigenvalue weighted by molar-refractivity contribution is 7.80. The number of pyridine rings is 1. The lowest BCUT2D eigenvalue weighted by atomic mass is 10.1. The van der Waals surface area contributed by atoms with E-state index in [-0.39, 0.29) is 23.2 Å². The molecule has 0 saturated carbocycles. The first-order valence-corrected chi connectivity index (χ1v) is 12.3. The second kappa shape index (κ2) is 10.3. The quantitative estimate of drug-likeness (QED) is 0.260. The van der Waals surface area contributed by atoms with Crippen molar-refractivity contribution in [3.63, 3.8) is 0 Å². The molecule has 3 heterocycles. The SMILES string of the molecule is Cn1cccc1-c1cc2nccc(Oc3ccc(NC(=S)NC(=O)Cc4ccccc4)cc3F)c2s1.